The molecule has 0 saturated heterocycles. The van der Waals surface area contributed by atoms with E-state index >= 15 is 0 Å². The van der Waals surface area contributed by atoms with Gasteiger partial charge in [-0.05, 0) is 19.3 Å². The van der Waals surface area contributed by atoms with Crippen molar-refractivity contribution in [1.82, 2.24) is 9.55 Å². The molecule has 0 bridgehead atoms. The zero-order valence-corrected chi connectivity index (χ0v) is 8.19. The molecule has 0 amide bonds. The minimum atomic E-state index is -0.657. The van der Waals surface area contributed by atoms with Crippen LogP contribution in [0.15, 0.2) is 11.0 Å². The summed E-state index contributed by atoms with van der Waals surface area (Å²) < 4.78 is 14.4. The number of nitrogens with zero attached hydrogens (tertiary/aromatic N) is 2. The van der Waals surface area contributed by atoms with Crippen molar-refractivity contribution in [2.75, 3.05) is 5.73 Å². The van der Waals surface area contributed by atoms with E-state index in [1.165, 1.54) is 4.57 Å². The predicted octanol–water partition coefficient (Wildman–Crippen LogP) is 0.0169. The van der Waals surface area contributed by atoms with E-state index in [4.69, 9.17) is 11.5 Å². The Bertz CT molecular complexity index is 431. The number of hydrogen-bond donors (Lipinski definition) is 2. The minimum Gasteiger partial charge on any atom is -0.381 e. The van der Waals surface area contributed by atoms with Crippen molar-refractivity contribution in [1.29, 1.82) is 0 Å². The largest absolute Gasteiger partial charge is 0.381 e. The van der Waals surface area contributed by atoms with Gasteiger partial charge in [0.2, 0.25) is 0 Å². The van der Waals surface area contributed by atoms with Crippen LogP contribution in [0.1, 0.15) is 25.3 Å². The zero-order chi connectivity index (χ0) is 11.0. The predicted molar refractivity (Wildman–Crippen MR) is 53.7 cm³/mol. The lowest BCUT2D eigenvalue weighted by atomic mass is 10.2. The van der Waals surface area contributed by atoms with Gasteiger partial charge in [-0.25, -0.2) is 9.18 Å². The van der Waals surface area contributed by atoms with Crippen LogP contribution >= 0.6 is 0 Å². The summed E-state index contributed by atoms with van der Waals surface area (Å²) in [7, 11) is 0. The third-order valence-electron chi connectivity index (χ3n) is 2.77. The second-order valence-electron chi connectivity index (χ2n) is 3.89. The van der Waals surface area contributed by atoms with E-state index in [1.54, 1.807) is 0 Å². The highest BCUT2D eigenvalue weighted by Crippen LogP contribution is 2.27. The Kier molecular flexibility index (Phi) is 2.44. The van der Waals surface area contributed by atoms with Crippen molar-refractivity contribution in [3.63, 3.8) is 0 Å². The van der Waals surface area contributed by atoms with Gasteiger partial charge in [0.25, 0.3) is 0 Å². The molecule has 0 spiro atoms. The average Bonchev–Trinajstić information content (AvgIpc) is 2.58. The second kappa shape index (κ2) is 3.62. The van der Waals surface area contributed by atoms with Gasteiger partial charge in [-0.2, -0.15) is 4.98 Å². The number of nitrogens with two attached hydrogens (primary N) is 2. The van der Waals surface area contributed by atoms with E-state index < -0.39 is 11.5 Å². The van der Waals surface area contributed by atoms with Gasteiger partial charge < -0.3 is 11.5 Å². The fourth-order valence-electron chi connectivity index (χ4n) is 1.96. The summed E-state index contributed by atoms with van der Waals surface area (Å²) in [5.74, 6) is -1.01. The Labute approximate surface area is 85.9 Å². The zero-order valence-electron chi connectivity index (χ0n) is 8.19. The Morgan fingerprint density at radius 3 is 2.87 bits per heavy atom. The van der Waals surface area contributed by atoms with Gasteiger partial charge in [-0.1, -0.05) is 0 Å². The molecular weight excluding hydrogens is 199 g/mol. The Morgan fingerprint density at radius 1 is 1.53 bits per heavy atom. The molecule has 1 aromatic rings. The standard InChI is InChI=1S/C9H13FN4O/c10-7-4-14(9(15)13-8(7)12)6-2-1-5(11)3-6/h4-6H,1-3,11H2,(H2,12,13,15)/t5-,6-/m0/s1. The molecule has 0 aromatic carbocycles. The molecule has 1 aliphatic carbocycles. The highest BCUT2D eigenvalue weighted by Gasteiger charge is 2.24. The van der Waals surface area contributed by atoms with Crippen LogP contribution in [-0.2, 0) is 0 Å². The third-order valence-corrected chi connectivity index (χ3v) is 2.77. The van der Waals surface area contributed by atoms with Crippen LogP contribution < -0.4 is 17.2 Å². The summed E-state index contributed by atoms with van der Waals surface area (Å²) in [4.78, 5) is 14.9. The normalized spacial score (nSPS) is 25.7. The maximum atomic E-state index is 13.1. The first kappa shape index (κ1) is 10.1. The molecule has 1 aromatic heterocycles. The van der Waals surface area contributed by atoms with Crippen molar-refractivity contribution >= 4 is 5.82 Å². The first-order valence-corrected chi connectivity index (χ1v) is 4.87. The van der Waals surface area contributed by atoms with Gasteiger partial charge in [0.15, 0.2) is 11.6 Å². The van der Waals surface area contributed by atoms with E-state index in [2.05, 4.69) is 4.98 Å². The number of hydrogen-bond acceptors (Lipinski definition) is 4. The molecule has 0 radical (unpaired) electrons. The molecule has 1 fully saturated rings. The number of aromatic nitrogens is 2. The fraction of sp³-hybridized carbons (Fsp3) is 0.556. The van der Waals surface area contributed by atoms with Crippen molar-refractivity contribution in [2.45, 2.75) is 31.3 Å². The molecule has 5 nitrogen and oxygen atoms in total. The molecule has 1 saturated carbocycles. The van der Waals surface area contributed by atoms with E-state index in [-0.39, 0.29) is 17.9 Å². The second-order valence-corrected chi connectivity index (χ2v) is 3.89. The summed E-state index contributed by atoms with van der Waals surface area (Å²) in [5.41, 5.74) is 10.4. The highest BCUT2D eigenvalue weighted by molar-refractivity contribution is 5.26. The molecule has 1 heterocycles. The Hall–Kier alpha value is -1.43. The summed E-state index contributed by atoms with van der Waals surface area (Å²) in [6.07, 6.45) is 3.44. The summed E-state index contributed by atoms with van der Waals surface area (Å²) in [6.45, 7) is 0. The lowest BCUT2D eigenvalue weighted by Crippen LogP contribution is -2.28. The monoisotopic (exact) mass is 212 g/mol. The molecule has 2 rings (SSSR count). The molecule has 82 valence electrons. The lowest BCUT2D eigenvalue weighted by Gasteiger charge is -2.13. The number of halogens is 1. The van der Waals surface area contributed by atoms with Crippen molar-refractivity contribution < 1.29 is 4.39 Å². The Balaban J connectivity index is 2.36. The molecule has 0 unspecified atom stereocenters. The summed E-state index contributed by atoms with van der Waals surface area (Å²) in [6, 6.07) is 0.0395. The quantitative estimate of drug-likeness (QED) is 0.686. The van der Waals surface area contributed by atoms with Crippen molar-refractivity contribution in [3.8, 4) is 0 Å². The smallest absolute Gasteiger partial charge is 0.349 e. The molecule has 1 aliphatic rings. The summed E-state index contributed by atoms with van der Waals surface area (Å²) >= 11 is 0. The van der Waals surface area contributed by atoms with E-state index in [0.717, 1.165) is 19.0 Å². The van der Waals surface area contributed by atoms with Crippen LogP contribution in [0.4, 0.5) is 10.2 Å². The highest BCUT2D eigenvalue weighted by atomic mass is 19.1. The number of anilines is 1. The van der Waals surface area contributed by atoms with Gasteiger partial charge in [-0.3, -0.25) is 4.57 Å². The molecule has 2 atom stereocenters. The van der Waals surface area contributed by atoms with Gasteiger partial charge in [-0.15, -0.1) is 0 Å². The van der Waals surface area contributed by atoms with Crippen LogP contribution in [0.3, 0.4) is 0 Å². The van der Waals surface area contributed by atoms with Crippen LogP contribution in [0.5, 0.6) is 0 Å². The average molecular weight is 212 g/mol. The van der Waals surface area contributed by atoms with Crippen LogP contribution in [0.25, 0.3) is 0 Å². The molecule has 4 N–H and O–H groups in total. The van der Waals surface area contributed by atoms with E-state index in [1.807, 2.05) is 0 Å². The molecule has 15 heavy (non-hydrogen) atoms. The van der Waals surface area contributed by atoms with Crippen molar-refractivity contribution in [3.05, 3.63) is 22.5 Å². The number of nitrogen functional groups attached to an aromatic ring is 1. The maximum Gasteiger partial charge on any atom is 0.349 e. The van der Waals surface area contributed by atoms with Crippen LogP contribution in [0.2, 0.25) is 0 Å². The van der Waals surface area contributed by atoms with E-state index in [9.17, 15) is 9.18 Å². The Morgan fingerprint density at radius 2 is 2.27 bits per heavy atom. The van der Waals surface area contributed by atoms with Gasteiger partial charge >= 0.3 is 5.69 Å². The van der Waals surface area contributed by atoms with Crippen LogP contribution in [-0.4, -0.2) is 15.6 Å². The SMILES string of the molecule is Nc1nc(=O)n([C@H]2CC[C@H](N)C2)cc1F. The minimum absolute atomic E-state index is 0.0462. The first-order chi connectivity index (χ1) is 7.08. The third kappa shape index (κ3) is 1.85. The molecule has 0 aliphatic heterocycles. The topological polar surface area (TPSA) is 86.9 Å². The fourth-order valence-corrected chi connectivity index (χ4v) is 1.96. The summed E-state index contributed by atoms with van der Waals surface area (Å²) in [5, 5.41) is 0. The van der Waals surface area contributed by atoms with Gasteiger partial charge in [0, 0.05) is 18.3 Å². The van der Waals surface area contributed by atoms with E-state index in [0.29, 0.717) is 6.42 Å². The lowest BCUT2D eigenvalue weighted by molar-refractivity contribution is 0.467. The maximum absolute atomic E-state index is 13.1. The number of rotatable bonds is 1. The molecule has 6 heteroatoms. The van der Waals surface area contributed by atoms with Gasteiger partial charge in [0.05, 0.1) is 0 Å². The van der Waals surface area contributed by atoms with Gasteiger partial charge in [0.1, 0.15) is 0 Å². The van der Waals surface area contributed by atoms with Crippen LogP contribution in [0, 0.1) is 5.82 Å². The molecular formula is C9H13FN4O. The first-order valence-electron chi connectivity index (χ1n) is 4.87. The van der Waals surface area contributed by atoms with Crippen molar-refractivity contribution in [2.24, 2.45) is 5.73 Å².